The molecule has 94 valence electrons. The van der Waals surface area contributed by atoms with Crippen molar-refractivity contribution in [2.24, 2.45) is 0 Å². The summed E-state index contributed by atoms with van der Waals surface area (Å²) in [4.78, 5) is 2.34. The van der Waals surface area contributed by atoms with Crippen LogP contribution in [0.4, 0.5) is 4.39 Å². The molecule has 1 aliphatic heterocycles. The molecular weight excluding hydrogens is 229 g/mol. The smallest absolute Gasteiger partial charge is 0.123 e. The minimum Gasteiger partial charge on any atom is -0.295 e. The van der Waals surface area contributed by atoms with Gasteiger partial charge >= 0.3 is 0 Å². The quantitative estimate of drug-likeness (QED) is 0.828. The summed E-state index contributed by atoms with van der Waals surface area (Å²) >= 11 is 0. The third-order valence-corrected chi connectivity index (χ3v) is 3.36. The van der Waals surface area contributed by atoms with Crippen LogP contribution in [0.1, 0.15) is 17.2 Å². The van der Waals surface area contributed by atoms with Gasteiger partial charge in [-0.3, -0.25) is 9.58 Å². The summed E-state index contributed by atoms with van der Waals surface area (Å²) in [7, 11) is 0. The van der Waals surface area contributed by atoms with E-state index in [-0.39, 0.29) is 5.82 Å². The second-order valence-corrected chi connectivity index (χ2v) is 4.97. The van der Waals surface area contributed by atoms with Gasteiger partial charge in [-0.1, -0.05) is 12.1 Å². The van der Waals surface area contributed by atoms with Gasteiger partial charge in [-0.2, -0.15) is 5.10 Å². The number of halogens is 1. The number of aromatic nitrogens is 2. The molecule has 0 aliphatic carbocycles. The molecule has 1 aromatic heterocycles. The molecule has 1 aromatic carbocycles. The van der Waals surface area contributed by atoms with Gasteiger partial charge in [-0.05, 0) is 30.2 Å². The second-order valence-electron chi connectivity index (χ2n) is 4.97. The van der Waals surface area contributed by atoms with Crippen LogP contribution in [-0.4, -0.2) is 27.8 Å². The molecule has 18 heavy (non-hydrogen) atoms. The lowest BCUT2D eigenvalue weighted by Gasteiger charge is -2.39. The third-order valence-electron chi connectivity index (χ3n) is 3.36. The summed E-state index contributed by atoms with van der Waals surface area (Å²) in [6.07, 6.45) is 3.97. The molecule has 2 aromatic rings. The van der Waals surface area contributed by atoms with Crippen molar-refractivity contribution in [3.05, 3.63) is 53.6 Å². The van der Waals surface area contributed by atoms with Crippen molar-refractivity contribution in [1.29, 1.82) is 0 Å². The van der Waals surface area contributed by atoms with Crippen molar-refractivity contribution < 1.29 is 4.39 Å². The van der Waals surface area contributed by atoms with Crippen molar-refractivity contribution in [1.82, 2.24) is 14.7 Å². The number of aryl methyl sites for hydroxylation is 1. The maximum atomic E-state index is 12.8. The Kier molecular flexibility index (Phi) is 2.88. The molecular formula is C14H16FN3. The molecule has 2 heterocycles. The topological polar surface area (TPSA) is 21.1 Å². The number of nitrogens with zero attached hydrogens (tertiary/aromatic N) is 3. The van der Waals surface area contributed by atoms with Crippen LogP contribution in [0, 0.1) is 12.7 Å². The lowest BCUT2D eigenvalue weighted by molar-refractivity contribution is 0.0908. The Morgan fingerprint density at radius 3 is 2.61 bits per heavy atom. The van der Waals surface area contributed by atoms with Gasteiger partial charge in [0, 0.05) is 25.8 Å². The number of hydrogen-bond donors (Lipinski definition) is 0. The molecule has 0 unspecified atom stereocenters. The summed E-state index contributed by atoms with van der Waals surface area (Å²) in [5.74, 6) is -0.174. The van der Waals surface area contributed by atoms with Gasteiger partial charge < -0.3 is 0 Å². The van der Waals surface area contributed by atoms with E-state index < -0.39 is 0 Å². The minimum atomic E-state index is -0.174. The minimum absolute atomic E-state index is 0.174. The van der Waals surface area contributed by atoms with Gasteiger partial charge in [-0.25, -0.2) is 4.39 Å². The Morgan fingerprint density at radius 1 is 1.28 bits per heavy atom. The Bertz CT molecular complexity index is 526. The van der Waals surface area contributed by atoms with Gasteiger partial charge in [0.15, 0.2) is 0 Å². The number of likely N-dealkylation sites (tertiary alicyclic amines) is 1. The fourth-order valence-electron chi connectivity index (χ4n) is 2.32. The van der Waals surface area contributed by atoms with Crippen LogP contribution in [0.2, 0.25) is 0 Å². The van der Waals surface area contributed by atoms with Crippen molar-refractivity contribution in [2.45, 2.75) is 19.5 Å². The van der Waals surface area contributed by atoms with Crippen molar-refractivity contribution in [3.8, 4) is 0 Å². The van der Waals surface area contributed by atoms with Crippen LogP contribution in [0.5, 0.6) is 0 Å². The molecule has 0 bridgehead atoms. The molecule has 0 radical (unpaired) electrons. The fraction of sp³-hybridized carbons (Fsp3) is 0.357. The van der Waals surface area contributed by atoms with E-state index in [9.17, 15) is 4.39 Å². The Morgan fingerprint density at radius 2 is 2.00 bits per heavy atom. The van der Waals surface area contributed by atoms with Crippen molar-refractivity contribution in [3.63, 3.8) is 0 Å². The highest BCUT2D eigenvalue weighted by Gasteiger charge is 2.28. The van der Waals surface area contributed by atoms with E-state index in [1.807, 2.05) is 23.0 Å². The van der Waals surface area contributed by atoms with Gasteiger partial charge in [0.1, 0.15) is 5.82 Å². The van der Waals surface area contributed by atoms with E-state index in [0.717, 1.165) is 25.2 Å². The standard InChI is InChI=1S/C14H16FN3/c1-11-6-16-18(7-11)14-9-17(10-14)8-12-2-4-13(15)5-3-12/h2-7,14H,8-10H2,1H3. The zero-order valence-electron chi connectivity index (χ0n) is 10.4. The SMILES string of the molecule is Cc1cnn(C2CN(Cc3ccc(F)cc3)C2)c1. The first-order valence-electron chi connectivity index (χ1n) is 6.18. The van der Waals surface area contributed by atoms with Crippen LogP contribution in [-0.2, 0) is 6.54 Å². The number of rotatable bonds is 3. The van der Waals surface area contributed by atoms with E-state index in [4.69, 9.17) is 0 Å². The Labute approximate surface area is 106 Å². The second kappa shape index (κ2) is 4.53. The van der Waals surface area contributed by atoms with E-state index in [2.05, 4.69) is 23.1 Å². The summed E-state index contributed by atoms with van der Waals surface area (Å²) in [6, 6.07) is 7.22. The molecule has 0 spiro atoms. The largest absolute Gasteiger partial charge is 0.295 e. The molecule has 0 amide bonds. The van der Waals surface area contributed by atoms with Gasteiger partial charge in [0.2, 0.25) is 0 Å². The molecule has 3 rings (SSSR count). The van der Waals surface area contributed by atoms with Gasteiger partial charge in [0.25, 0.3) is 0 Å². The summed E-state index contributed by atoms with van der Waals surface area (Å²) in [6.45, 7) is 4.96. The first kappa shape index (κ1) is 11.4. The number of hydrogen-bond acceptors (Lipinski definition) is 2. The average molecular weight is 245 g/mol. The summed E-state index contributed by atoms with van der Waals surface area (Å²) < 4.78 is 14.8. The maximum absolute atomic E-state index is 12.8. The van der Waals surface area contributed by atoms with Crippen LogP contribution >= 0.6 is 0 Å². The van der Waals surface area contributed by atoms with Gasteiger partial charge in [-0.15, -0.1) is 0 Å². The van der Waals surface area contributed by atoms with E-state index >= 15 is 0 Å². The predicted octanol–water partition coefficient (Wildman–Crippen LogP) is 2.39. The molecule has 1 aliphatic rings. The van der Waals surface area contributed by atoms with E-state index in [0.29, 0.717) is 6.04 Å². The van der Waals surface area contributed by atoms with Gasteiger partial charge in [0.05, 0.1) is 12.2 Å². The third kappa shape index (κ3) is 2.29. The summed E-state index contributed by atoms with van der Waals surface area (Å²) in [5.41, 5.74) is 2.36. The van der Waals surface area contributed by atoms with Crippen LogP contribution in [0.3, 0.4) is 0 Å². The zero-order chi connectivity index (χ0) is 12.5. The fourth-order valence-corrected chi connectivity index (χ4v) is 2.32. The number of benzene rings is 1. The Hall–Kier alpha value is -1.68. The first-order valence-corrected chi connectivity index (χ1v) is 6.18. The lowest BCUT2D eigenvalue weighted by Crippen LogP contribution is -2.47. The maximum Gasteiger partial charge on any atom is 0.123 e. The molecule has 3 nitrogen and oxygen atoms in total. The molecule has 1 fully saturated rings. The van der Waals surface area contributed by atoms with Crippen molar-refractivity contribution in [2.75, 3.05) is 13.1 Å². The van der Waals surface area contributed by atoms with Crippen LogP contribution < -0.4 is 0 Å². The van der Waals surface area contributed by atoms with E-state index in [1.165, 1.54) is 17.7 Å². The molecule has 4 heteroatoms. The zero-order valence-corrected chi connectivity index (χ0v) is 10.4. The molecule has 1 saturated heterocycles. The lowest BCUT2D eigenvalue weighted by atomic mass is 10.1. The highest BCUT2D eigenvalue weighted by molar-refractivity contribution is 5.16. The van der Waals surface area contributed by atoms with E-state index in [1.54, 1.807) is 0 Å². The Balaban J connectivity index is 1.55. The van der Waals surface area contributed by atoms with Crippen LogP contribution in [0.15, 0.2) is 36.7 Å². The molecule has 0 atom stereocenters. The monoisotopic (exact) mass is 245 g/mol. The first-order chi connectivity index (χ1) is 8.70. The average Bonchev–Trinajstić information content (AvgIpc) is 2.72. The predicted molar refractivity (Wildman–Crippen MR) is 67.7 cm³/mol. The van der Waals surface area contributed by atoms with Crippen molar-refractivity contribution >= 4 is 0 Å². The normalized spacial score (nSPS) is 16.8. The summed E-state index contributed by atoms with van der Waals surface area (Å²) in [5, 5.41) is 4.33. The highest BCUT2D eigenvalue weighted by atomic mass is 19.1. The highest BCUT2D eigenvalue weighted by Crippen LogP contribution is 2.22. The van der Waals surface area contributed by atoms with Crippen LogP contribution in [0.25, 0.3) is 0 Å². The molecule has 0 N–H and O–H groups in total. The molecule has 0 saturated carbocycles.